The number of benzene rings is 1. The highest BCUT2D eigenvalue weighted by atomic mass is 35.5. The lowest BCUT2D eigenvalue weighted by Gasteiger charge is -2.36. The lowest BCUT2D eigenvalue weighted by atomic mass is 10.1. The summed E-state index contributed by atoms with van der Waals surface area (Å²) in [5, 5.41) is 0. The van der Waals surface area contributed by atoms with Gasteiger partial charge in [0, 0.05) is 31.9 Å². The van der Waals surface area contributed by atoms with Gasteiger partial charge >= 0.3 is 6.18 Å². The van der Waals surface area contributed by atoms with Crippen LogP contribution in [0.15, 0.2) is 24.3 Å². The number of nitrogens with zero attached hydrogens (tertiary/aromatic N) is 2. The van der Waals surface area contributed by atoms with E-state index in [1.54, 1.807) is 11.0 Å². The summed E-state index contributed by atoms with van der Waals surface area (Å²) < 4.78 is 38.1. The number of carbonyl (C=O) groups is 1. The maximum Gasteiger partial charge on any atom is 0.416 e. The van der Waals surface area contributed by atoms with Crippen molar-refractivity contribution in [2.24, 2.45) is 0 Å². The Bertz CT molecular complexity index is 514. The van der Waals surface area contributed by atoms with E-state index in [1.807, 2.05) is 0 Å². The maximum absolute atomic E-state index is 12.7. The first kappa shape index (κ1) is 16.2. The molecule has 1 aromatic carbocycles. The van der Waals surface area contributed by atoms with Crippen LogP contribution in [0.4, 0.5) is 18.9 Å². The number of carbonyl (C=O) groups excluding carboxylic acids is 1. The third-order valence-corrected chi connectivity index (χ3v) is 3.69. The van der Waals surface area contributed by atoms with Gasteiger partial charge in [-0.25, -0.2) is 0 Å². The van der Waals surface area contributed by atoms with Crippen LogP contribution in [0.3, 0.4) is 0 Å². The number of rotatable bonds is 2. The molecule has 116 valence electrons. The summed E-state index contributed by atoms with van der Waals surface area (Å²) in [7, 11) is 0. The third kappa shape index (κ3) is 3.95. The summed E-state index contributed by atoms with van der Waals surface area (Å²) in [6, 6.07) is 5.15. The van der Waals surface area contributed by atoms with Crippen LogP contribution in [0.2, 0.25) is 0 Å². The molecule has 1 saturated heterocycles. The van der Waals surface area contributed by atoms with Crippen molar-refractivity contribution in [1.82, 2.24) is 4.90 Å². The van der Waals surface area contributed by atoms with Crippen LogP contribution in [0.25, 0.3) is 0 Å². The molecule has 8 heteroatoms. The van der Waals surface area contributed by atoms with Gasteiger partial charge in [0.1, 0.15) is 0 Å². The van der Waals surface area contributed by atoms with Gasteiger partial charge in [-0.3, -0.25) is 4.79 Å². The van der Waals surface area contributed by atoms with Crippen molar-refractivity contribution in [2.75, 3.05) is 31.1 Å². The zero-order valence-corrected chi connectivity index (χ0v) is 12.4. The van der Waals surface area contributed by atoms with Crippen LogP contribution in [0, 0.1) is 0 Å². The van der Waals surface area contributed by atoms with Crippen molar-refractivity contribution in [3.8, 4) is 0 Å². The van der Waals surface area contributed by atoms with Crippen LogP contribution in [-0.2, 0) is 11.0 Å². The quantitative estimate of drug-likeness (QED) is 0.772. The van der Waals surface area contributed by atoms with E-state index in [9.17, 15) is 18.0 Å². The highest BCUT2D eigenvalue weighted by molar-refractivity contribution is 6.53. The predicted octanol–water partition coefficient (Wildman–Crippen LogP) is 3.16. The van der Waals surface area contributed by atoms with Crippen LogP contribution in [0.1, 0.15) is 5.56 Å². The average molecular weight is 341 g/mol. The van der Waals surface area contributed by atoms with Crippen LogP contribution in [-0.4, -0.2) is 41.8 Å². The molecule has 1 aliphatic rings. The van der Waals surface area contributed by atoms with Gasteiger partial charge in [-0.1, -0.05) is 29.3 Å². The Labute approximate surface area is 130 Å². The Kier molecular flexibility index (Phi) is 4.88. The Morgan fingerprint density at radius 2 is 1.76 bits per heavy atom. The van der Waals surface area contributed by atoms with Crippen molar-refractivity contribution < 1.29 is 18.0 Å². The molecule has 21 heavy (non-hydrogen) atoms. The molecule has 0 atom stereocenters. The van der Waals surface area contributed by atoms with Gasteiger partial charge in [-0.15, -0.1) is 0 Å². The molecule has 1 fully saturated rings. The minimum Gasteiger partial charge on any atom is -0.368 e. The topological polar surface area (TPSA) is 23.6 Å². The van der Waals surface area contributed by atoms with E-state index in [0.717, 1.165) is 12.1 Å². The molecule has 2 rings (SSSR count). The minimum absolute atomic E-state index is 0.373. The highest BCUT2D eigenvalue weighted by Crippen LogP contribution is 2.31. The summed E-state index contributed by atoms with van der Waals surface area (Å²) in [6.45, 7) is 1.64. The van der Waals surface area contributed by atoms with Gasteiger partial charge in [-0.05, 0) is 18.2 Å². The van der Waals surface area contributed by atoms with Gasteiger partial charge in [-0.2, -0.15) is 13.2 Å². The second-order valence-electron chi connectivity index (χ2n) is 4.66. The molecule has 3 nitrogen and oxygen atoms in total. The number of alkyl halides is 5. The van der Waals surface area contributed by atoms with E-state index in [-0.39, 0.29) is 5.91 Å². The standard InChI is InChI=1S/C13H13Cl2F3N2O/c14-11(15)12(21)20-6-4-19(5-7-20)10-3-1-2-9(8-10)13(16,17)18/h1-3,8,11H,4-7H2. The number of piperazine rings is 1. The van der Waals surface area contributed by atoms with Crippen molar-refractivity contribution in [3.63, 3.8) is 0 Å². The second kappa shape index (κ2) is 6.32. The molecule has 1 amide bonds. The average Bonchev–Trinajstić information content (AvgIpc) is 2.46. The molecular weight excluding hydrogens is 328 g/mol. The first-order chi connectivity index (χ1) is 9.79. The SMILES string of the molecule is O=C(C(Cl)Cl)N1CCN(c2cccc(C(F)(F)F)c2)CC1. The van der Waals surface area contributed by atoms with Gasteiger partial charge < -0.3 is 9.80 Å². The zero-order valence-electron chi connectivity index (χ0n) is 10.9. The summed E-state index contributed by atoms with van der Waals surface area (Å²) in [5.41, 5.74) is -0.190. The summed E-state index contributed by atoms with van der Waals surface area (Å²) in [4.78, 5) is 13.8. The molecule has 0 unspecified atom stereocenters. The van der Waals surface area contributed by atoms with Crippen molar-refractivity contribution in [1.29, 1.82) is 0 Å². The van der Waals surface area contributed by atoms with Gasteiger partial charge in [0.25, 0.3) is 5.91 Å². The Hall–Kier alpha value is -1.14. The lowest BCUT2D eigenvalue weighted by Crippen LogP contribution is -2.50. The fourth-order valence-electron chi connectivity index (χ4n) is 2.20. The maximum atomic E-state index is 12.7. The van der Waals surface area contributed by atoms with E-state index in [4.69, 9.17) is 23.2 Å². The molecule has 0 N–H and O–H groups in total. The fourth-order valence-corrected chi connectivity index (χ4v) is 2.48. The first-order valence-electron chi connectivity index (χ1n) is 6.28. The van der Waals surface area contributed by atoms with E-state index in [1.165, 1.54) is 11.0 Å². The van der Waals surface area contributed by atoms with Gasteiger partial charge in [0.2, 0.25) is 0 Å². The minimum atomic E-state index is -4.36. The van der Waals surface area contributed by atoms with E-state index in [2.05, 4.69) is 0 Å². The Morgan fingerprint density at radius 3 is 2.29 bits per heavy atom. The Morgan fingerprint density at radius 1 is 1.14 bits per heavy atom. The first-order valence-corrected chi connectivity index (χ1v) is 7.15. The molecule has 1 heterocycles. The van der Waals surface area contributed by atoms with Crippen molar-refractivity contribution in [3.05, 3.63) is 29.8 Å². The zero-order chi connectivity index (χ0) is 15.6. The van der Waals surface area contributed by atoms with Gasteiger partial charge in [0.05, 0.1) is 5.56 Å². The highest BCUT2D eigenvalue weighted by Gasteiger charge is 2.31. The smallest absolute Gasteiger partial charge is 0.368 e. The number of amides is 1. The normalized spacial score (nSPS) is 16.5. The Balaban J connectivity index is 2.04. The summed E-state index contributed by atoms with van der Waals surface area (Å²) >= 11 is 11.0. The van der Waals surface area contributed by atoms with Crippen LogP contribution >= 0.6 is 23.2 Å². The predicted molar refractivity (Wildman–Crippen MR) is 75.7 cm³/mol. The van der Waals surface area contributed by atoms with Crippen LogP contribution in [0.5, 0.6) is 0 Å². The molecule has 1 aromatic rings. The summed E-state index contributed by atoms with van der Waals surface area (Å²) in [6.07, 6.45) is -4.36. The number of anilines is 1. The number of halogens is 5. The molecule has 0 aromatic heterocycles. The molecule has 0 bridgehead atoms. The van der Waals surface area contributed by atoms with E-state index < -0.39 is 16.6 Å². The van der Waals surface area contributed by atoms with Crippen molar-refractivity contribution in [2.45, 2.75) is 11.0 Å². The summed E-state index contributed by atoms with van der Waals surface area (Å²) in [5.74, 6) is -0.373. The van der Waals surface area contributed by atoms with Crippen LogP contribution < -0.4 is 4.90 Å². The molecule has 0 aliphatic carbocycles. The fraction of sp³-hybridized carbons (Fsp3) is 0.462. The number of hydrogen-bond donors (Lipinski definition) is 0. The third-order valence-electron chi connectivity index (χ3n) is 3.32. The molecule has 0 spiro atoms. The molecule has 1 aliphatic heterocycles. The lowest BCUT2D eigenvalue weighted by molar-refractivity contribution is -0.137. The monoisotopic (exact) mass is 340 g/mol. The molecule has 0 saturated carbocycles. The number of hydrogen-bond acceptors (Lipinski definition) is 2. The van der Waals surface area contributed by atoms with Crippen molar-refractivity contribution >= 4 is 34.8 Å². The van der Waals surface area contributed by atoms with E-state index in [0.29, 0.717) is 31.9 Å². The van der Waals surface area contributed by atoms with Gasteiger partial charge in [0.15, 0.2) is 4.84 Å². The second-order valence-corrected chi connectivity index (χ2v) is 5.76. The molecule has 0 radical (unpaired) electrons. The van der Waals surface area contributed by atoms with E-state index >= 15 is 0 Å². The largest absolute Gasteiger partial charge is 0.416 e. The molecular formula is C13H13Cl2F3N2O.